The van der Waals surface area contributed by atoms with Crippen LogP contribution in [0.1, 0.15) is 13.8 Å². The van der Waals surface area contributed by atoms with E-state index >= 15 is 0 Å². The molecule has 0 fully saturated rings. The lowest BCUT2D eigenvalue weighted by atomic mass is 10.3. The van der Waals surface area contributed by atoms with Crippen molar-refractivity contribution in [2.24, 2.45) is 0 Å². The van der Waals surface area contributed by atoms with Gasteiger partial charge in [0.2, 0.25) is 0 Å². The number of alkyl halides is 1. The zero-order valence-electron chi connectivity index (χ0n) is 4.93. The van der Waals surface area contributed by atoms with Crippen LogP contribution >= 0.6 is 15.9 Å². The van der Waals surface area contributed by atoms with E-state index in [1.165, 1.54) is 0 Å². The van der Waals surface area contributed by atoms with E-state index in [-0.39, 0.29) is 10.9 Å². The van der Waals surface area contributed by atoms with Gasteiger partial charge < -0.3 is 4.74 Å². The number of hydrogen-bond donors (Lipinski definition) is 0. The Morgan fingerprint density at radius 2 is 2.12 bits per heavy atom. The van der Waals surface area contributed by atoms with Crippen molar-refractivity contribution in [2.75, 3.05) is 0 Å². The van der Waals surface area contributed by atoms with Gasteiger partial charge in [-0.3, -0.25) is 4.79 Å². The summed E-state index contributed by atoms with van der Waals surface area (Å²) < 4.78 is 4.58. The van der Waals surface area contributed by atoms with E-state index in [4.69, 9.17) is 0 Å². The second-order valence-corrected chi connectivity index (χ2v) is 3.06. The summed E-state index contributed by atoms with van der Waals surface area (Å²) in [4.78, 5) is 9.91. The van der Waals surface area contributed by atoms with Crippen LogP contribution in [0.25, 0.3) is 0 Å². The first-order valence-corrected chi connectivity index (χ1v) is 3.33. The van der Waals surface area contributed by atoms with Gasteiger partial charge in [-0.15, -0.1) is 0 Å². The first-order chi connectivity index (χ1) is 3.68. The second-order valence-electron chi connectivity index (χ2n) is 1.61. The molecule has 2 atom stereocenters. The SMILES string of the molecule is C[C@H](Br)[C@@H](C)OC=O. The molecular weight excluding hydrogens is 172 g/mol. The van der Waals surface area contributed by atoms with Crippen LogP contribution in [0.2, 0.25) is 0 Å². The van der Waals surface area contributed by atoms with E-state index in [0.717, 1.165) is 0 Å². The Labute approximate surface area is 57.3 Å². The normalized spacial score (nSPS) is 16.9. The average Bonchev–Trinajstić information content (AvgIpc) is 1.67. The fourth-order valence-electron chi connectivity index (χ4n) is 0.196. The molecule has 0 rings (SSSR count). The minimum Gasteiger partial charge on any atom is -0.464 e. The smallest absolute Gasteiger partial charge is 0.293 e. The Balaban J connectivity index is 3.30. The highest BCUT2D eigenvalue weighted by atomic mass is 79.9. The second kappa shape index (κ2) is 3.89. The van der Waals surface area contributed by atoms with Crippen LogP contribution in [0, 0.1) is 0 Å². The Bertz CT molecular complexity index is 72.8. The number of ether oxygens (including phenoxy) is 1. The van der Waals surface area contributed by atoms with Crippen LogP contribution in [0.15, 0.2) is 0 Å². The summed E-state index contributed by atoms with van der Waals surface area (Å²) in [6.45, 7) is 4.21. The molecule has 0 bridgehead atoms. The largest absolute Gasteiger partial charge is 0.464 e. The number of carbonyl (C=O) groups excluding carboxylic acids is 1. The van der Waals surface area contributed by atoms with Gasteiger partial charge in [0.05, 0.1) is 0 Å². The lowest BCUT2D eigenvalue weighted by Crippen LogP contribution is -2.16. The van der Waals surface area contributed by atoms with Crippen molar-refractivity contribution in [3.05, 3.63) is 0 Å². The molecule has 0 heterocycles. The van der Waals surface area contributed by atoms with Gasteiger partial charge in [0, 0.05) is 4.83 Å². The molecule has 0 radical (unpaired) electrons. The van der Waals surface area contributed by atoms with Crippen LogP contribution in [0.5, 0.6) is 0 Å². The third-order valence-electron chi connectivity index (χ3n) is 0.917. The molecule has 0 unspecified atom stereocenters. The van der Waals surface area contributed by atoms with Crippen molar-refractivity contribution >= 4 is 22.4 Å². The molecule has 0 saturated carbocycles. The lowest BCUT2D eigenvalue weighted by molar-refractivity contribution is -0.132. The topological polar surface area (TPSA) is 26.3 Å². The highest BCUT2D eigenvalue weighted by Gasteiger charge is 2.06. The highest BCUT2D eigenvalue weighted by molar-refractivity contribution is 9.09. The summed E-state index contributed by atoms with van der Waals surface area (Å²) in [5, 5.41) is 0. The van der Waals surface area contributed by atoms with Crippen molar-refractivity contribution in [3.8, 4) is 0 Å². The maximum atomic E-state index is 9.68. The highest BCUT2D eigenvalue weighted by Crippen LogP contribution is 2.05. The fraction of sp³-hybridized carbons (Fsp3) is 0.800. The number of hydrogen-bond acceptors (Lipinski definition) is 2. The zero-order valence-corrected chi connectivity index (χ0v) is 6.51. The maximum absolute atomic E-state index is 9.68. The summed E-state index contributed by atoms with van der Waals surface area (Å²) >= 11 is 3.26. The van der Waals surface area contributed by atoms with E-state index in [2.05, 4.69) is 20.7 Å². The van der Waals surface area contributed by atoms with Crippen molar-refractivity contribution in [1.82, 2.24) is 0 Å². The molecule has 8 heavy (non-hydrogen) atoms. The van der Waals surface area contributed by atoms with E-state index in [9.17, 15) is 4.79 Å². The van der Waals surface area contributed by atoms with Gasteiger partial charge in [-0.05, 0) is 13.8 Å². The molecule has 48 valence electrons. The Morgan fingerprint density at radius 3 is 2.25 bits per heavy atom. The van der Waals surface area contributed by atoms with Crippen molar-refractivity contribution in [1.29, 1.82) is 0 Å². The molecule has 0 aromatic rings. The Hall–Kier alpha value is -0.0500. The number of halogens is 1. The van der Waals surface area contributed by atoms with Gasteiger partial charge in [-0.25, -0.2) is 0 Å². The van der Waals surface area contributed by atoms with Gasteiger partial charge in [-0.1, -0.05) is 15.9 Å². The van der Waals surface area contributed by atoms with Crippen LogP contribution in [-0.2, 0) is 9.53 Å². The van der Waals surface area contributed by atoms with Crippen molar-refractivity contribution in [2.45, 2.75) is 24.8 Å². The molecule has 0 saturated heterocycles. The molecule has 0 aliphatic rings. The van der Waals surface area contributed by atoms with Gasteiger partial charge in [0.15, 0.2) is 0 Å². The lowest BCUT2D eigenvalue weighted by Gasteiger charge is -2.10. The first-order valence-electron chi connectivity index (χ1n) is 2.41. The number of carbonyl (C=O) groups is 1. The molecule has 0 aromatic carbocycles. The summed E-state index contributed by atoms with van der Waals surface area (Å²) in [5.41, 5.74) is 0. The molecule has 3 heteroatoms. The predicted molar refractivity (Wildman–Crippen MR) is 35.0 cm³/mol. The molecular formula is C5H9BrO2. The first kappa shape index (κ1) is 7.95. The summed E-state index contributed by atoms with van der Waals surface area (Å²) in [6.07, 6.45) is -0.0347. The minimum atomic E-state index is -0.0347. The molecule has 0 spiro atoms. The van der Waals surface area contributed by atoms with E-state index in [1.54, 1.807) is 0 Å². The predicted octanol–water partition coefficient (Wildman–Crippen LogP) is 1.33. The van der Waals surface area contributed by atoms with E-state index in [1.807, 2.05) is 13.8 Å². The van der Waals surface area contributed by atoms with Gasteiger partial charge in [0.1, 0.15) is 6.10 Å². The summed E-state index contributed by atoms with van der Waals surface area (Å²) in [5.74, 6) is 0. The van der Waals surface area contributed by atoms with Gasteiger partial charge in [0.25, 0.3) is 6.47 Å². The Kier molecular flexibility index (Phi) is 3.87. The van der Waals surface area contributed by atoms with Crippen molar-refractivity contribution in [3.63, 3.8) is 0 Å². The van der Waals surface area contributed by atoms with Gasteiger partial charge >= 0.3 is 0 Å². The summed E-state index contributed by atoms with van der Waals surface area (Å²) in [6, 6.07) is 0. The quantitative estimate of drug-likeness (QED) is 0.485. The van der Waals surface area contributed by atoms with Crippen LogP contribution in [-0.4, -0.2) is 17.4 Å². The molecule has 0 amide bonds. The van der Waals surface area contributed by atoms with Crippen LogP contribution in [0.3, 0.4) is 0 Å². The van der Waals surface area contributed by atoms with E-state index < -0.39 is 0 Å². The molecule has 0 aromatic heterocycles. The maximum Gasteiger partial charge on any atom is 0.293 e. The third kappa shape index (κ3) is 3.02. The van der Waals surface area contributed by atoms with Crippen molar-refractivity contribution < 1.29 is 9.53 Å². The third-order valence-corrected chi connectivity index (χ3v) is 1.66. The molecule has 2 nitrogen and oxygen atoms in total. The zero-order chi connectivity index (χ0) is 6.57. The van der Waals surface area contributed by atoms with E-state index in [0.29, 0.717) is 6.47 Å². The summed E-state index contributed by atoms with van der Waals surface area (Å²) in [7, 11) is 0. The minimum absolute atomic E-state index is 0.0347. The average molecular weight is 181 g/mol. The fourth-order valence-corrected chi connectivity index (χ4v) is 0.321. The van der Waals surface area contributed by atoms with Crippen LogP contribution < -0.4 is 0 Å². The standard InChI is InChI=1S/C5H9BrO2/c1-4(6)5(2)8-3-7/h3-5H,1-2H3/t4-,5+/m0/s1. The molecule has 0 aliphatic heterocycles. The Morgan fingerprint density at radius 1 is 1.62 bits per heavy atom. The molecule has 0 N–H and O–H groups in total. The monoisotopic (exact) mass is 180 g/mol. The van der Waals surface area contributed by atoms with Crippen LogP contribution in [0.4, 0.5) is 0 Å². The van der Waals surface area contributed by atoms with Gasteiger partial charge in [-0.2, -0.15) is 0 Å². The molecule has 0 aliphatic carbocycles. The number of rotatable bonds is 3.